The molecule has 0 atom stereocenters. The van der Waals surface area contributed by atoms with Crippen LogP contribution in [0.4, 0.5) is 0 Å². The van der Waals surface area contributed by atoms with Crippen molar-refractivity contribution >= 4 is 5.91 Å². The first-order chi connectivity index (χ1) is 5.76. The standard InChI is InChI=1S/C9H12N2O/c10-5-1-8(12)11-6-4-9(7-11)2-3-9/h1-4,6-7H2. The van der Waals surface area contributed by atoms with Gasteiger partial charge in [0.15, 0.2) is 0 Å². The van der Waals surface area contributed by atoms with E-state index in [1.807, 2.05) is 11.0 Å². The molecule has 0 aromatic carbocycles. The van der Waals surface area contributed by atoms with Gasteiger partial charge < -0.3 is 4.90 Å². The lowest BCUT2D eigenvalue weighted by atomic mass is 10.1. The molecule has 64 valence electrons. The zero-order chi connectivity index (χ0) is 8.60. The van der Waals surface area contributed by atoms with Gasteiger partial charge in [0.2, 0.25) is 5.91 Å². The van der Waals surface area contributed by atoms with Gasteiger partial charge in [-0.15, -0.1) is 0 Å². The van der Waals surface area contributed by atoms with Crippen molar-refractivity contribution < 1.29 is 4.79 Å². The van der Waals surface area contributed by atoms with E-state index in [0.717, 1.165) is 19.5 Å². The molecular weight excluding hydrogens is 152 g/mol. The lowest BCUT2D eigenvalue weighted by Crippen LogP contribution is -2.28. The van der Waals surface area contributed by atoms with Crippen molar-refractivity contribution in [3.8, 4) is 6.07 Å². The number of rotatable bonds is 1. The Kier molecular flexibility index (Phi) is 1.57. The first kappa shape index (κ1) is 7.60. The summed E-state index contributed by atoms with van der Waals surface area (Å²) in [5.41, 5.74) is 0.491. The molecule has 2 fully saturated rings. The molecule has 2 aliphatic rings. The van der Waals surface area contributed by atoms with E-state index in [9.17, 15) is 4.79 Å². The fraction of sp³-hybridized carbons (Fsp3) is 0.778. The Balaban J connectivity index is 1.91. The van der Waals surface area contributed by atoms with Crippen LogP contribution in [0.3, 0.4) is 0 Å². The zero-order valence-corrected chi connectivity index (χ0v) is 7.05. The molecule has 12 heavy (non-hydrogen) atoms. The largest absolute Gasteiger partial charge is 0.341 e. The zero-order valence-electron chi connectivity index (χ0n) is 7.05. The van der Waals surface area contributed by atoms with Crippen molar-refractivity contribution in [2.24, 2.45) is 5.41 Å². The molecule has 1 aliphatic heterocycles. The molecular formula is C9H12N2O. The summed E-state index contributed by atoms with van der Waals surface area (Å²) in [6.45, 7) is 1.79. The Bertz CT molecular complexity index is 250. The molecule has 1 saturated carbocycles. The van der Waals surface area contributed by atoms with Crippen LogP contribution in [0.25, 0.3) is 0 Å². The molecule has 3 heteroatoms. The van der Waals surface area contributed by atoms with E-state index in [1.165, 1.54) is 12.8 Å². The highest BCUT2D eigenvalue weighted by Crippen LogP contribution is 2.52. The number of nitrogens with zero attached hydrogens (tertiary/aromatic N) is 2. The minimum absolute atomic E-state index is 0.0151. The van der Waals surface area contributed by atoms with Crippen molar-refractivity contribution in [2.75, 3.05) is 13.1 Å². The SMILES string of the molecule is N#CCC(=O)N1CCC2(CC2)C1. The number of carbonyl (C=O) groups excluding carboxylic acids is 1. The molecule has 0 aromatic rings. The summed E-state index contributed by atoms with van der Waals surface area (Å²) in [6.07, 6.45) is 3.77. The van der Waals surface area contributed by atoms with Gasteiger partial charge in [0.05, 0.1) is 6.07 Å². The van der Waals surface area contributed by atoms with Crippen LogP contribution in [0.5, 0.6) is 0 Å². The summed E-state index contributed by atoms with van der Waals surface area (Å²) < 4.78 is 0. The first-order valence-corrected chi connectivity index (χ1v) is 4.41. The highest BCUT2D eigenvalue weighted by Gasteiger charge is 2.48. The van der Waals surface area contributed by atoms with E-state index in [4.69, 9.17) is 5.26 Å². The Labute approximate surface area is 72.0 Å². The summed E-state index contributed by atoms with van der Waals surface area (Å²) in [6, 6.07) is 1.90. The number of likely N-dealkylation sites (tertiary alicyclic amines) is 1. The monoisotopic (exact) mass is 164 g/mol. The lowest BCUT2D eigenvalue weighted by molar-refractivity contribution is -0.129. The molecule has 2 rings (SSSR count). The van der Waals surface area contributed by atoms with E-state index < -0.39 is 0 Å². The predicted molar refractivity (Wildman–Crippen MR) is 43.1 cm³/mol. The van der Waals surface area contributed by atoms with Crippen molar-refractivity contribution in [1.82, 2.24) is 4.90 Å². The Morgan fingerprint density at radius 1 is 1.50 bits per heavy atom. The van der Waals surface area contributed by atoms with Crippen molar-refractivity contribution in [1.29, 1.82) is 5.26 Å². The second-order valence-electron chi connectivity index (χ2n) is 3.90. The van der Waals surface area contributed by atoms with Crippen molar-refractivity contribution in [3.05, 3.63) is 0 Å². The van der Waals surface area contributed by atoms with Gasteiger partial charge in [0.25, 0.3) is 0 Å². The second-order valence-corrected chi connectivity index (χ2v) is 3.90. The van der Waals surface area contributed by atoms with Gasteiger partial charge in [-0.05, 0) is 24.7 Å². The molecule has 0 aromatic heterocycles. The molecule has 1 spiro atoms. The van der Waals surface area contributed by atoms with Crippen LogP contribution >= 0.6 is 0 Å². The van der Waals surface area contributed by atoms with E-state index in [2.05, 4.69) is 0 Å². The predicted octanol–water partition coefficient (Wildman–Crippen LogP) is 0.913. The Morgan fingerprint density at radius 2 is 2.25 bits per heavy atom. The summed E-state index contributed by atoms with van der Waals surface area (Å²) in [7, 11) is 0. The van der Waals surface area contributed by atoms with Gasteiger partial charge >= 0.3 is 0 Å². The summed E-state index contributed by atoms with van der Waals surface area (Å²) in [5.74, 6) is 0.0151. The fourth-order valence-corrected chi connectivity index (χ4v) is 1.91. The van der Waals surface area contributed by atoms with Crippen LogP contribution < -0.4 is 0 Å². The Morgan fingerprint density at radius 3 is 2.75 bits per heavy atom. The smallest absolute Gasteiger partial charge is 0.236 e. The number of carbonyl (C=O) groups is 1. The maximum atomic E-state index is 11.3. The molecule has 1 amide bonds. The van der Waals surface area contributed by atoms with E-state index in [0.29, 0.717) is 5.41 Å². The third kappa shape index (κ3) is 1.18. The normalized spacial score (nSPS) is 24.1. The van der Waals surface area contributed by atoms with E-state index in [1.54, 1.807) is 0 Å². The van der Waals surface area contributed by atoms with Crippen LogP contribution in [0, 0.1) is 16.7 Å². The summed E-state index contributed by atoms with van der Waals surface area (Å²) in [5, 5.41) is 8.35. The maximum absolute atomic E-state index is 11.3. The Hall–Kier alpha value is -1.04. The lowest BCUT2D eigenvalue weighted by Gasteiger charge is -2.13. The first-order valence-electron chi connectivity index (χ1n) is 4.41. The molecule has 1 aliphatic carbocycles. The van der Waals surface area contributed by atoms with Gasteiger partial charge in [-0.2, -0.15) is 5.26 Å². The molecule has 0 unspecified atom stereocenters. The topological polar surface area (TPSA) is 44.1 Å². The number of hydrogen-bond acceptors (Lipinski definition) is 2. The number of amides is 1. The van der Waals surface area contributed by atoms with Gasteiger partial charge in [-0.1, -0.05) is 0 Å². The molecule has 1 heterocycles. The maximum Gasteiger partial charge on any atom is 0.236 e. The fourth-order valence-electron chi connectivity index (χ4n) is 1.91. The minimum Gasteiger partial charge on any atom is -0.341 e. The average molecular weight is 164 g/mol. The molecule has 0 radical (unpaired) electrons. The summed E-state index contributed by atoms with van der Waals surface area (Å²) in [4.78, 5) is 13.1. The molecule has 0 bridgehead atoms. The molecule has 3 nitrogen and oxygen atoms in total. The number of hydrogen-bond donors (Lipinski definition) is 0. The number of nitriles is 1. The molecule has 0 N–H and O–H groups in total. The quantitative estimate of drug-likeness (QED) is 0.578. The van der Waals surface area contributed by atoms with Gasteiger partial charge in [-0.3, -0.25) is 4.79 Å². The highest BCUT2D eigenvalue weighted by molar-refractivity contribution is 5.78. The minimum atomic E-state index is 0.0151. The molecule has 1 saturated heterocycles. The summed E-state index contributed by atoms with van der Waals surface area (Å²) >= 11 is 0. The average Bonchev–Trinajstić information content (AvgIpc) is 2.62. The second kappa shape index (κ2) is 2.48. The van der Waals surface area contributed by atoms with Crippen LogP contribution in [0.2, 0.25) is 0 Å². The van der Waals surface area contributed by atoms with Crippen molar-refractivity contribution in [2.45, 2.75) is 25.7 Å². The van der Waals surface area contributed by atoms with Crippen LogP contribution in [0.15, 0.2) is 0 Å². The van der Waals surface area contributed by atoms with E-state index >= 15 is 0 Å². The van der Waals surface area contributed by atoms with Crippen LogP contribution in [-0.4, -0.2) is 23.9 Å². The van der Waals surface area contributed by atoms with Crippen LogP contribution in [0.1, 0.15) is 25.7 Å². The van der Waals surface area contributed by atoms with Gasteiger partial charge in [0, 0.05) is 13.1 Å². The van der Waals surface area contributed by atoms with Gasteiger partial charge in [0.1, 0.15) is 6.42 Å². The van der Waals surface area contributed by atoms with Gasteiger partial charge in [-0.25, -0.2) is 0 Å². The highest BCUT2D eigenvalue weighted by atomic mass is 16.2. The third-order valence-corrected chi connectivity index (χ3v) is 2.98. The van der Waals surface area contributed by atoms with Crippen LogP contribution in [-0.2, 0) is 4.79 Å². The van der Waals surface area contributed by atoms with E-state index in [-0.39, 0.29) is 12.3 Å². The third-order valence-electron chi connectivity index (χ3n) is 2.98. The van der Waals surface area contributed by atoms with Crippen molar-refractivity contribution in [3.63, 3.8) is 0 Å².